The Morgan fingerprint density at radius 2 is 1.28 bits per heavy atom. The van der Waals surface area contributed by atoms with Gasteiger partial charge in [-0.2, -0.15) is 0 Å². The molecule has 1 aromatic heterocycles. The number of carbonyl (C=O) groups excluding carboxylic acids is 1. The molecule has 6 heteroatoms. The van der Waals surface area contributed by atoms with Crippen molar-refractivity contribution in [3.8, 4) is 11.1 Å². The summed E-state index contributed by atoms with van der Waals surface area (Å²) in [5.41, 5.74) is 10.8. The summed E-state index contributed by atoms with van der Waals surface area (Å²) in [5, 5.41) is 2.93. The van der Waals surface area contributed by atoms with Gasteiger partial charge < -0.3 is 16.0 Å². The molecule has 0 aliphatic heterocycles. The number of carbonyl (C=O) groups is 1. The van der Waals surface area contributed by atoms with Crippen LogP contribution in [-0.2, 0) is 4.79 Å². The van der Waals surface area contributed by atoms with Gasteiger partial charge in [0.1, 0.15) is 0 Å². The Kier molecular flexibility index (Phi) is 7.60. The third-order valence-electron chi connectivity index (χ3n) is 5.25. The molecule has 0 saturated carbocycles. The normalized spacial score (nSPS) is 11.4. The lowest BCUT2D eigenvalue weighted by molar-refractivity contribution is -0.117. The fraction of sp³-hybridized carbons (Fsp3) is 0.0769. The second kappa shape index (κ2) is 10.6. The van der Waals surface area contributed by atoms with Crippen molar-refractivity contribution in [3.05, 3.63) is 125 Å². The van der Waals surface area contributed by atoms with Crippen LogP contribution in [0.25, 0.3) is 11.1 Å². The molecule has 32 heavy (non-hydrogen) atoms. The number of hydrogen-bond acceptors (Lipinski definition) is 3. The van der Waals surface area contributed by atoms with Crippen LogP contribution in [0.5, 0.6) is 0 Å². The summed E-state index contributed by atoms with van der Waals surface area (Å²) in [6.45, 7) is 0. The fourth-order valence-corrected chi connectivity index (χ4v) is 3.64. The number of aromatic nitrogens is 1. The van der Waals surface area contributed by atoms with E-state index in [2.05, 4.69) is 10.3 Å². The number of nitrogens with one attached hydrogen (secondary N) is 2. The van der Waals surface area contributed by atoms with Crippen molar-refractivity contribution in [2.45, 2.75) is 12.0 Å². The van der Waals surface area contributed by atoms with Crippen LogP contribution in [0.15, 0.2) is 108 Å². The molecule has 1 heterocycles. The van der Waals surface area contributed by atoms with Gasteiger partial charge in [-0.15, -0.1) is 12.4 Å². The van der Waals surface area contributed by atoms with E-state index in [-0.39, 0.29) is 29.8 Å². The van der Waals surface area contributed by atoms with Gasteiger partial charge in [0.2, 0.25) is 11.5 Å². The number of nitrogens with two attached hydrogens (primary N) is 1. The monoisotopic (exact) mass is 445 g/mol. The van der Waals surface area contributed by atoms with E-state index in [4.69, 9.17) is 5.73 Å². The highest BCUT2D eigenvalue weighted by molar-refractivity contribution is 5.96. The van der Waals surface area contributed by atoms with Crippen LogP contribution in [0.2, 0.25) is 0 Å². The van der Waals surface area contributed by atoms with E-state index in [0.717, 1.165) is 22.3 Å². The average Bonchev–Trinajstić information content (AvgIpc) is 2.82. The zero-order chi connectivity index (χ0) is 21.6. The lowest BCUT2D eigenvalue weighted by Gasteiger charge is -2.24. The molecule has 0 aliphatic rings. The highest BCUT2D eigenvalue weighted by atomic mass is 35.5. The van der Waals surface area contributed by atoms with Crippen molar-refractivity contribution in [1.82, 2.24) is 4.98 Å². The van der Waals surface area contributed by atoms with Gasteiger partial charge in [0.25, 0.3) is 0 Å². The van der Waals surface area contributed by atoms with Crippen LogP contribution in [0.3, 0.4) is 0 Å². The number of aromatic amines is 1. The van der Waals surface area contributed by atoms with Crippen LogP contribution < -0.4 is 16.6 Å². The average molecular weight is 446 g/mol. The van der Waals surface area contributed by atoms with Crippen LogP contribution in [0.1, 0.15) is 17.0 Å². The lowest BCUT2D eigenvalue weighted by atomic mass is 9.85. The standard InChI is InChI=1S/C26H23N3O2.ClH/c27-25(24(19-7-3-1-4-8-19)20-9-5-2-6-10-20)26(31)29-22-14-11-18(12-15-22)21-13-16-23(30)28-17-21;/h1-17,24-25H,27H2,(H,28,30)(H,29,31);1H/t25-;/m0./s1. The Bertz CT molecular complexity index is 1150. The van der Waals surface area contributed by atoms with E-state index in [1.807, 2.05) is 84.9 Å². The van der Waals surface area contributed by atoms with Crippen LogP contribution >= 0.6 is 12.4 Å². The first-order chi connectivity index (χ1) is 15.1. The molecule has 5 nitrogen and oxygen atoms in total. The predicted molar refractivity (Wildman–Crippen MR) is 131 cm³/mol. The van der Waals surface area contributed by atoms with Crippen LogP contribution in [-0.4, -0.2) is 16.9 Å². The summed E-state index contributed by atoms with van der Waals surface area (Å²) >= 11 is 0. The molecule has 4 rings (SSSR count). The topological polar surface area (TPSA) is 88.0 Å². The summed E-state index contributed by atoms with van der Waals surface area (Å²) in [4.78, 5) is 26.9. The summed E-state index contributed by atoms with van der Waals surface area (Å²) < 4.78 is 0. The van der Waals surface area contributed by atoms with Crippen LogP contribution in [0.4, 0.5) is 5.69 Å². The maximum absolute atomic E-state index is 13.0. The van der Waals surface area contributed by atoms with E-state index < -0.39 is 6.04 Å². The first-order valence-electron chi connectivity index (χ1n) is 10.1. The summed E-state index contributed by atoms with van der Waals surface area (Å²) in [7, 11) is 0. The van der Waals surface area contributed by atoms with Gasteiger partial charge in [-0.1, -0.05) is 72.8 Å². The zero-order valence-corrected chi connectivity index (χ0v) is 18.1. The van der Waals surface area contributed by atoms with Crippen molar-refractivity contribution < 1.29 is 4.79 Å². The van der Waals surface area contributed by atoms with E-state index in [9.17, 15) is 9.59 Å². The maximum Gasteiger partial charge on any atom is 0.247 e. The number of H-pyrrole nitrogens is 1. The quantitative estimate of drug-likeness (QED) is 0.406. The number of pyridine rings is 1. The highest BCUT2D eigenvalue weighted by Crippen LogP contribution is 2.28. The minimum atomic E-state index is -0.760. The Hall–Kier alpha value is -3.67. The molecule has 0 fully saturated rings. The molecule has 1 amide bonds. The molecule has 0 unspecified atom stereocenters. The summed E-state index contributed by atoms with van der Waals surface area (Å²) in [6.07, 6.45) is 1.66. The molecular formula is C26H24ClN3O2. The highest BCUT2D eigenvalue weighted by Gasteiger charge is 2.27. The minimum Gasteiger partial charge on any atom is -0.328 e. The van der Waals surface area contributed by atoms with E-state index >= 15 is 0 Å². The lowest BCUT2D eigenvalue weighted by Crippen LogP contribution is -2.41. The zero-order valence-electron chi connectivity index (χ0n) is 17.3. The minimum absolute atomic E-state index is 0. The Labute approximate surface area is 192 Å². The molecular weight excluding hydrogens is 422 g/mol. The largest absolute Gasteiger partial charge is 0.328 e. The van der Waals surface area contributed by atoms with E-state index in [1.165, 1.54) is 6.07 Å². The fourth-order valence-electron chi connectivity index (χ4n) is 3.64. The van der Waals surface area contributed by atoms with Crippen LogP contribution in [0, 0.1) is 0 Å². The number of benzene rings is 3. The molecule has 3 aromatic carbocycles. The molecule has 0 spiro atoms. The number of amides is 1. The van der Waals surface area contributed by atoms with Gasteiger partial charge in [-0.25, -0.2) is 0 Å². The predicted octanol–water partition coefficient (Wildman–Crippen LogP) is 4.56. The Morgan fingerprint density at radius 3 is 1.78 bits per heavy atom. The molecule has 1 atom stereocenters. The second-order valence-electron chi connectivity index (χ2n) is 7.33. The SMILES string of the molecule is Cl.N[C@H](C(=O)Nc1ccc(-c2ccc(=O)[nH]c2)cc1)C(c1ccccc1)c1ccccc1. The van der Waals surface area contributed by atoms with Crippen molar-refractivity contribution in [3.63, 3.8) is 0 Å². The molecule has 4 aromatic rings. The number of rotatable bonds is 6. The Morgan fingerprint density at radius 1 is 0.750 bits per heavy atom. The molecule has 0 saturated heterocycles. The van der Waals surface area contributed by atoms with Crippen molar-refractivity contribution in [2.75, 3.05) is 5.32 Å². The van der Waals surface area contributed by atoms with Gasteiger partial charge in [0.15, 0.2) is 0 Å². The van der Waals surface area contributed by atoms with E-state index in [1.54, 1.807) is 12.3 Å². The molecule has 162 valence electrons. The van der Waals surface area contributed by atoms with Crippen molar-refractivity contribution >= 4 is 24.0 Å². The number of halogens is 1. The smallest absolute Gasteiger partial charge is 0.247 e. The summed E-state index contributed by atoms with van der Waals surface area (Å²) in [5.74, 6) is -0.516. The molecule has 0 aliphatic carbocycles. The van der Waals surface area contributed by atoms with Gasteiger partial charge in [-0.05, 0) is 40.5 Å². The van der Waals surface area contributed by atoms with Gasteiger partial charge in [0, 0.05) is 23.9 Å². The number of hydrogen-bond donors (Lipinski definition) is 3. The van der Waals surface area contributed by atoms with Crippen molar-refractivity contribution in [1.29, 1.82) is 0 Å². The number of anilines is 1. The van der Waals surface area contributed by atoms with Gasteiger partial charge >= 0.3 is 0 Å². The third kappa shape index (κ3) is 5.32. The van der Waals surface area contributed by atoms with E-state index in [0.29, 0.717) is 5.69 Å². The van der Waals surface area contributed by atoms with Gasteiger partial charge in [-0.3, -0.25) is 9.59 Å². The first-order valence-corrected chi connectivity index (χ1v) is 10.1. The first kappa shape index (κ1) is 23.0. The molecule has 4 N–H and O–H groups in total. The second-order valence-corrected chi connectivity index (χ2v) is 7.33. The molecule has 0 radical (unpaired) electrons. The van der Waals surface area contributed by atoms with Crippen molar-refractivity contribution in [2.24, 2.45) is 5.73 Å². The maximum atomic E-state index is 13.0. The molecule has 0 bridgehead atoms. The third-order valence-corrected chi connectivity index (χ3v) is 5.25. The van der Waals surface area contributed by atoms with Gasteiger partial charge in [0.05, 0.1) is 6.04 Å². The summed E-state index contributed by atoms with van der Waals surface area (Å²) in [6, 6.07) is 29.6. The Balaban J connectivity index is 0.00000289.